The fraction of sp³-hybridized carbons (Fsp3) is 1.00. The first kappa shape index (κ1) is 15.3. The molecule has 0 aromatic rings. The molecule has 3 nitrogen and oxygen atoms in total. The van der Waals surface area contributed by atoms with Crippen LogP contribution in [0.3, 0.4) is 0 Å². The SMILES string of the molecule is CCN1CCN(CC(C)(C)C2CCCNC2)CC1C. The number of rotatable bonds is 4. The number of piperidine rings is 1. The van der Waals surface area contributed by atoms with Crippen LogP contribution in [0.25, 0.3) is 0 Å². The monoisotopic (exact) mass is 267 g/mol. The molecule has 2 fully saturated rings. The van der Waals surface area contributed by atoms with Crippen LogP contribution in [0.5, 0.6) is 0 Å². The van der Waals surface area contributed by atoms with Gasteiger partial charge in [0.2, 0.25) is 0 Å². The summed E-state index contributed by atoms with van der Waals surface area (Å²) in [6.45, 7) is 18.3. The molecule has 0 aromatic heterocycles. The number of nitrogens with one attached hydrogen (secondary N) is 1. The highest BCUT2D eigenvalue weighted by molar-refractivity contribution is 4.88. The fourth-order valence-electron chi connectivity index (χ4n) is 3.91. The zero-order valence-electron chi connectivity index (χ0n) is 13.4. The average Bonchev–Trinajstić information content (AvgIpc) is 2.39. The van der Waals surface area contributed by atoms with E-state index < -0.39 is 0 Å². The Kier molecular flexibility index (Phi) is 5.27. The van der Waals surface area contributed by atoms with E-state index in [1.54, 1.807) is 0 Å². The Morgan fingerprint density at radius 3 is 2.63 bits per heavy atom. The largest absolute Gasteiger partial charge is 0.316 e. The first-order valence-electron chi connectivity index (χ1n) is 8.20. The van der Waals surface area contributed by atoms with Gasteiger partial charge in [0.15, 0.2) is 0 Å². The number of nitrogens with zero attached hydrogens (tertiary/aromatic N) is 2. The van der Waals surface area contributed by atoms with Crippen LogP contribution in [0.4, 0.5) is 0 Å². The van der Waals surface area contributed by atoms with Gasteiger partial charge in [0.25, 0.3) is 0 Å². The molecule has 0 radical (unpaired) electrons. The van der Waals surface area contributed by atoms with E-state index in [2.05, 4.69) is 42.8 Å². The Balaban J connectivity index is 1.86. The number of piperazine rings is 1. The van der Waals surface area contributed by atoms with Crippen LogP contribution in [-0.2, 0) is 0 Å². The molecule has 2 saturated heterocycles. The molecular formula is C16H33N3. The van der Waals surface area contributed by atoms with Crippen molar-refractivity contribution in [3.05, 3.63) is 0 Å². The Morgan fingerprint density at radius 2 is 2.05 bits per heavy atom. The third-order valence-corrected chi connectivity index (χ3v) is 5.29. The van der Waals surface area contributed by atoms with E-state index in [4.69, 9.17) is 0 Å². The lowest BCUT2D eigenvalue weighted by atomic mass is 9.74. The Hall–Kier alpha value is -0.120. The highest BCUT2D eigenvalue weighted by Crippen LogP contribution is 2.33. The van der Waals surface area contributed by atoms with Gasteiger partial charge in [0.05, 0.1) is 0 Å². The van der Waals surface area contributed by atoms with Gasteiger partial charge in [-0.25, -0.2) is 0 Å². The second-order valence-corrected chi connectivity index (χ2v) is 7.24. The van der Waals surface area contributed by atoms with Crippen LogP contribution in [0, 0.1) is 11.3 Å². The summed E-state index contributed by atoms with van der Waals surface area (Å²) in [5, 5.41) is 3.58. The van der Waals surface area contributed by atoms with Gasteiger partial charge in [0.1, 0.15) is 0 Å². The van der Waals surface area contributed by atoms with Gasteiger partial charge in [0, 0.05) is 32.2 Å². The van der Waals surface area contributed by atoms with E-state index in [1.165, 1.54) is 58.7 Å². The normalized spacial score (nSPS) is 31.6. The molecule has 2 rings (SSSR count). The molecule has 19 heavy (non-hydrogen) atoms. The molecule has 0 spiro atoms. The van der Waals surface area contributed by atoms with Crippen molar-refractivity contribution in [3.8, 4) is 0 Å². The standard InChI is InChI=1S/C16H33N3/c1-5-19-10-9-18(12-14(19)2)13-16(3,4)15-7-6-8-17-11-15/h14-15,17H,5-13H2,1-4H3. The lowest BCUT2D eigenvalue weighted by molar-refractivity contribution is 0.0389. The minimum atomic E-state index is 0.446. The lowest BCUT2D eigenvalue weighted by Crippen LogP contribution is -2.54. The zero-order chi connectivity index (χ0) is 13.9. The maximum Gasteiger partial charge on any atom is 0.0195 e. The van der Waals surface area contributed by atoms with Gasteiger partial charge < -0.3 is 5.32 Å². The topological polar surface area (TPSA) is 18.5 Å². The Morgan fingerprint density at radius 1 is 1.26 bits per heavy atom. The van der Waals surface area contributed by atoms with Crippen molar-refractivity contribution < 1.29 is 0 Å². The van der Waals surface area contributed by atoms with E-state index in [0.717, 1.165) is 12.0 Å². The van der Waals surface area contributed by atoms with E-state index in [1.807, 2.05) is 0 Å². The predicted octanol–water partition coefficient (Wildman–Crippen LogP) is 2.04. The Labute approximate surface area is 119 Å². The summed E-state index contributed by atoms with van der Waals surface area (Å²) in [5.41, 5.74) is 0.446. The predicted molar refractivity (Wildman–Crippen MR) is 82.5 cm³/mol. The third kappa shape index (κ3) is 3.93. The molecule has 2 aliphatic heterocycles. The molecule has 2 heterocycles. The summed E-state index contributed by atoms with van der Waals surface area (Å²) < 4.78 is 0. The molecule has 1 N–H and O–H groups in total. The molecular weight excluding hydrogens is 234 g/mol. The van der Waals surface area contributed by atoms with E-state index in [9.17, 15) is 0 Å². The van der Waals surface area contributed by atoms with E-state index >= 15 is 0 Å². The Bertz CT molecular complexity index is 271. The van der Waals surface area contributed by atoms with Crippen molar-refractivity contribution in [2.45, 2.75) is 46.6 Å². The summed E-state index contributed by atoms with van der Waals surface area (Å²) in [5.74, 6) is 0.848. The highest BCUT2D eigenvalue weighted by atomic mass is 15.3. The molecule has 0 saturated carbocycles. The second-order valence-electron chi connectivity index (χ2n) is 7.24. The summed E-state index contributed by atoms with van der Waals surface area (Å²) in [6, 6.07) is 0.721. The summed E-state index contributed by atoms with van der Waals surface area (Å²) in [6.07, 6.45) is 2.76. The first-order valence-corrected chi connectivity index (χ1v) is 8.20. The maximum atomic E-state index is 3.58. The van der Waals surface area contributed by atoms with Crippen LogP contribution < -0.4 is 5.32 Å². The number of hydrogen-bond acceptors (Lipinski definition) is 3. The van der Waals surface area contributed by atoms with Crippen molar-refractivity contribution in [2.24, 2.45) is 11.3 Å². The van der Waals surface area contributed by atoms with Crippen LogP contribution in [0.1, 0.15) is 40.5 Å². The minimum absolute atomic E-state index is 0.446. The first-order chi connectivity index (χ1) is 9.03. The number of hydrogen-bond donors (Lipinski definition) is 1. The molecule has 0 amide bonds. The molecule has 0 bridgehead atoms. The van der Waals surface area contributed by atoms with Crippen molar-refractivity contribution in [2.75, 3.05) is 45.8 Å². The van der Waals surface area contributed by atoms with E-state index in [0.29, 0.717) is 5.41 Å². The lowest BCUT2D eigenvalue weighted by Gasteiger charge is -2.45. The molecule has 2 atom stereocenters. The highest BCUT2D eigenvalue weighted by Gasteiger charge is 2.34. The molecule has 3 heteroatoms. The van der Waals surface area contributed by atoms with Gasteiger partial charge in [-0.2, -0.15) is 0 Å². The van der Waals surface area contributed by atoms with Crippen molar-refractivity contribution >= 4 is 0 Å². The second kappa shape index (κ2) is 6.55. The van der Waals surface area contributed by atoms with Crippen LogP contribution in [0.15, 0.2) is 0 Å². The number of likely N-dealkylation sites (N-methyl/N-ethyl adjacent to an activating group) is 1. The average molecular weight is 267 g/mol. The molecule has 0 aromatic carbocycles. The summed E-state index contributed by atoms with van der Waals surface area (Å²) >= 11 is 0. The quantitative estimate of drug-likeness (QED) is 0.841. The van der Waals surface area contributed by atoms with Crippen LogP contribution in [0.2, 0.25) is 0 Å². The fourth-order valence-corrected chi connectivity index (χ4v) is 3.91. The smallest absolute Gasteiger partial charge is 0.0195 e. The van der Waals surface area contributed by atoms with E-state index in [-0.39, 0.29) is 0 Å². The van der Waals surface area contributed by atoms with Crippen LogP contribution in [-0.4, -0.2) is 61.7 Å². The molecule has 2 unspecified atom stereocenters. The van der Waals surface area contributed by atoms with Gasteiger partial charge in [-0.1, -0.05) is 20.8 Å². The maximum absolute atomic E-state index is 3.58. The third-order valence-electron chi connectivity index (χ3n) is 5.29. The molecule has 112 valence electrons. The molecule has 2 aliphatic rings. The van der Waals surface area contributed by atoms with Crippen LogP contribution >= 0.6 is 0 Å². The van der Waals surface area contributed by atoms with Crippen molar-refractivity contribution in [3.63, 3.8) is 0 Å². The zero-order valence-corrected chi connectivity index (χ0v) is 13.4. The molecule has 0 aliphatic carbocycles. The van der Waals surface area contributed by atoms with Crippen molar-refractivity contribution in [1.82, 2.24) is 15.1 Å². The summed E-state index contributed by atoms with van der Waals surface area (Å²) in [7, 11) is 0. The van der Waals surface area contributed by atoms with Gasteiger partial charge >= 0.3 is 0 Å². The van der Waals surface area contributed by atoms with Crippen molar-refractivity contribution in [1.29, 1.82) is 0 Å². The summed E-state index contributed by atoms with van der Waals surface area (Å²) in [4.78, 5) is 5.30. The van der Waals surface area contributed by atoms with Gasteiger partial charge in [-0.15, -0.1) is 0 Å². The minimum Gasteiger partial charge on any atom is -0.316 e. The van der Waals surface area contributed by atoms with Gasteiger partial charge in [-0.3, -0.25) is 9.80 Å². The van der Waals surface area contributed by atoms with Gasteiger partial charge in [-0.05, 0) is 50.7 Å².